The summed E-state index contributed by atoms with van der Waals surface area (Å²) in [5.41, 5.74) is 1.99. The van der Waals surface area contributed by atoms with Crippen molar-refractivity contribution in [3.05, 3.63) is 11.1 Å². The molecule has 0 saturated carbocycles. The van der Waals surface area contributed by atoms with Gasteiger partial charge in [0.25, 0.3) is 0 Å². The first-order valence-electron chi connectivity index (χ1n) is 5.03. The molecule has 0 heterocycles. The van der Waals surface area contributed by atoms with Gasteiger partial charge < -0.3 is 4.74 Å². The number of rotatable bonds is 5. The Morgan fingerprint density at radius 2 is 1.77 bits per heavy atom. The van der Waals surface area contributed by atoms with Crippen LogP contribution < -0.4 is 0 Å². The standard InChI is InChI=1S/C11H20O2/c1-5-8-13-11(12)10(7-3)9(4)6-2/h5-8H2,1-4H3. The van der Waals surface area contributed by atoms with Crippen LogP contribution in [0.1, 0.15) is 47.0 Å². The van der Waals surface area contributed by atoms with Gasteiger partial charge in [0.15, 0.2) is 0 Å². The minimum absolute atomic E-state index is 0.135. The summed E-state index contributed by atoms with van der Waals surface area (Å²) in [5, 5.41) is 0. The minimum Gasteiger partial charge on any atom is -0.462 e. The monoisotopic (exact) mass is 184 g/mol. The molecule has 0 amide bonds. The van der Waals surface area contributed by atoms with Crippen molar-refractivity contribution in [1.29, 1.82) is 0 Å². The molecule has 13 heavy (non-hydrogen) atoms. The first-order valence-corrected chi connectivity index (χ1v) is 5.03. The second-order valence-electron chi connectivity index (χ2n) is 3.10. The third kappa shape index (κ3) is 4.11. The highest BCUT2D eigenvalue weighted by atomic mass is 16.5. The van der Waals surface area contributed by atoms with Crippen molar-refractivity contribution < 1.29 is 9.53 Å². The van der Waals surface area contributed by atoms with Gasteiger partial charge in [-0.3, -0.25) is 0 Å². The van der Waals surface area contributed by atoms with Gasteiger partial charge in [-0.1, -0.05) is 26.3 Å². The van der Waals surface area contributed by atoms with E-state index >= 15 is 0 Å². The van der Waals surface area contributed by atoms with Gasteiger partial charge >= 0.3 is 5.97 Å². The molecule has 0 aromatic rings. The van der Waals surface area contributed by atoms with E-state index in [1.165, 1.54) is 0 Å². The van der Waals surface area contributed by atoms with E-state index in [4.69, 9.17) is 4.74 Å². The molecule has 2 heteroatoms. The van der Waals surface area contributed by atoms with Crippen molar-refractivity contribution in [1.82, 2.24) is 0 Å². The number of ether oxygens (including phenoxy) is 1. The number of hydrogen-bond donors (Lipinski definition) is 0. The number of carbonyl (C=O) groups is 1. The lowest BCUT2D eigenvalue weighted by Crippen LogP contribution is -2.09. The Kier molecular flexibility index (Phi) is 6.29. The van der Waals surface area contributed by atoms with E-state index in [9.17, 15) is 4.79 Å². The number of carbonyl (C=O) groups excluding carboxylic acids is 1. The molecule has 0 aliphatic heterocycles. The largest absolute Gasteiger partial charge is 0.462 e. The van der Waals surface area contributed by atoms with Gasteiger partial charge in [-0.15, -0.1) is 0 Å². The van der Waals surface area contributed by atoms with Crippen molar-refractivity contribution in [3.8, 4) is 0 Å². The molecule has 0 atom stereocenters. The zero-order valence-corrected chi connectivity index (χ0v) is 9.14. The third-order valence-electron chi connectivity index (χ3n) is 2.08. The summed E-state index contributed by atoms with van der Waals surface area (Å²) in [6.45, 7) is 8.56. The first-order chi connectivity index (χ1) is 6.17. The fourth-order valence-corrected chi connectivity index (χ4v) is 1.12. The molecule has 0 aliphatic rings. The van der Waals surface area contributed by atoms with Gasteiger partial charge in [0, 0.05) is 5.57 Å². The zero-order chi connectivity index (χ0) is 10.3. The highest BCUT2D eigenvalue weighted by Crippen LogP contribution is 2.13. The summed E-state index contributed by atoms with van der Waals surface area (Å²) in [4.78, 5) is 11.5. The van der Waals surface area contributed by atoms with Gasteiger partial charge in [0.2, 0.25) is 0 Å². The maximum Gasteiger partial charge on any atom is 0.333 e. The van der Waals surface area contributed by atoms with Crippen molar-refractivity contribution in [2.45, 2.75) is 47.0 Å². The molecule has 0 rings (SSSR count). The summed E-state index contributed by atoms with van der Waals surface area (Å²) in [7, 11) is 0. The molecule has 0 aromatic heterocycles. The second kappa shape index (κ2) is 6.70. The van der Waals surface area contributed by atoms with Crippen LogP contribution in [0.3, 0.4) is 0 Å². The molecule has 0 aliphatic carbocycles. The van der Waals surface area contributed by atoms with Crippen LogP contribution in [0.25, 0.3) is 0 Å². The maximum atomic E-state index is 11.5. The summed E-state index contributed by atoms with van der Waals surface area (Å²) in [6, 6.07) is 0. The molecule has 76 valence electrons. The lowest BCUT2D eigenvalue weighted by atomic mass is 10.1. The van der Waals surface area contributed by atoms with Gasteiger partial charge in [-0.2, -0.15) is 0 Å². The Bertz CT molecular complexity index is 192. The van der Waals surface area contributed by atoms with Crippen LogP contribution in [0.2, 0.25) is 0 Å². The van der Waals surface area contributed by atoms with Gasteiger partial charge in [-0.05, 0) is 26.2 Å². The third-order valence-corrected chi connectivity index (χ3v) is 2.08. The molecule has 0 N–H and O–H groups in total. The highest BCUT2D eigenvalue weighted by molar-refractivity contribution is 5.89. The normalized spacial score (nSPS) is 12.3. The molecule has 0 aromatic carbocycles. The average Bonchev–Trinajstić information content (AvgIpc) is 2.15. The topological polar surface area (TPSA) is 26.3 Å². The SMILES string of the molecule is CCCOC(=O)C(CC)=C(C)CC. The molecule has 0 saturated heterocycles. The summed E-state index contributed by atoms with van der Waals surface area (Å²) >= 11 is 0. The summed E-state index contributed by atoms with van der Waals surface area (Å²) in [6.07, 6.45) is 2.57. The summed E-state index contributed by atoms with van der Waals surface area (Å²) < 4.78 is 5.07. The Morgan fingerprint density at radius 1 is 1.15 bits per heavy atom. The van der Waals surface area contributed by atoms with E-state index in [-0.39, 0.29) is 5.97 Å². The number of hydrogen-bond acceptors (Lipinski definition) is 2. The number of allylic oxidation sites excluding steroid dienone is 1. The predicted molar refractivity (Wildman–Crippen MR) is 54.5 cm³/mol. The molecule has 2 nitrogen and oxygen atoms in total. The Balaban J connectivity index is 4.32. The van der Waals surface area contributed by atoms with Crippen LogP contribution in [0.15, 0.2) is 11.1 Å². The zero-order valence-electron chi connectivity index (χ0n) is 9.14. The molecule has 0 spiro atoms. The lowest BCUT2D eigenvalue weighted by Gasteiger charge is -2.08. The van der Waals surface area contributed by atoms with Gasteiger partial charge in [-0.25, -0.2) is 4.79 Å². The molecule has 0 bridgehead atoms. The van der Waals surface area contributed by atoms with Crippen LogP contribution >= 0.6 is 0 Å². The molecular weight excluding hydrogens is 164 g/mol. The van der Waals surface area contributed by atoms with E-state index < -0.39 is 0 Å². The lowest BCUT2D eigenvalue weighted by molar-refractivity contribution is -0.139. The molecule has 0 fully saturated rings. The van der Waals surface area contributed by atoms with Crippen LogP contribution in [0, 0.1) is 0 Å². The number of esters is 1. The van der Waals surface area contributed by atoms with Crippen LogP contribution in [-0.4, -0.2) is 12.6 Å². The van der Waals surface area contributed by atoms with E-state index in [0.717, 1.165) is 30.4 Å². The Hall–Kier alpha value is -0.790. The van der Waals surface area contributed by atoms with E-state index in [1.54, 1.807) is 0 Å². The Morgan fingerprint density at radius 3 is 2.15 bits per heavy atom. The van der Waals surface area contributed by atoms with Gasteiger partial charge in [0.05, 0.1) is 6.61 Å². The fraction of sp³-hybridized carbons (Fsp3) is 0.727. The molecule has 0 radical (unpaired) electrons. The van der Waals surface area contributed by atoms with Crippen molar-refractivity contribution >= 4 is 5.97 Å². The predicted octanol–water partition coefficient (Wildman–Crippen LogP) is 3.08. The van der Waals surface area contributed by atoms with Crippen LogP contribution in [0.4, 0.5) is 0 Å². The van der Waals surface area contributed by atoms with Crippen molar-refractivity contribution in [3.63, 3.8) is 0 Å². The van der Waals surface area contributed by atoms with Crippen LogP contribution in [-0.2, 0) is 9.53 Å². The molecular formula is C11H20O2. The average molecular weight is 184 g/mol. The molecule has 0 unspecified atom stereocenters. The van der Waals surface area contributed by atoms with Crippen molar-refractivity contribution in [2.75, 3.05) is 6.61 Å². The van der Waals surface area contributed by atoms with E-state index in [2.05, 4.69) is 6.92 Å². The van der Waals surface area contributed by atoms with Gasteiger partial charge in [0.1, 0.15) is 0 Å². The van der Waals surface area contributed by atoms with E-state index in [1.807, 2.05) is 20.8 Å². The quantitative estimate of drug-likeness (QED) is 0.485. The smallest absolute Gasteiger partial charge is 0.333 e. The van der Waals surface area contributed by atoms with Crippen LogP contribution in [0.5, 0.6) is 0 Å². The fourth-order valence-electron chi connectivity index (χ4n) is 1.12. The first kappa shape index (κ1) is 12.2. The Labute approximate surface area is 81.0 Å². The maximum absolute atomic E-state index is 11.5. The van der Waals surface area contributed by atoms with E-state index in [0.29, 0.717) is 6.61 Å². The second-order valence-corrected chi connectivity index (χ2v) is 3.10. The highest BCUT2D eigenvalue weighted by Gasteiger charge is 2.10. The summed E-state index contributed by atoms with van der Waals surface area (Å²) in [5.74, 6) is -0.135. The van der Waals surface area contributed by atoms with Crippen molar-refractivity contribution in [2.24, 2.45) is 0 Å². The minimum atomic E-state index is -0.135.